The molecule has 1 aromatic carbocycles. The average molecular weight is 466 g/mol. The number of nitrogens with zero attached hydrogens (tertiary/aromatic N) is 4. The second-order valence-electron chi connectivity index (χ2n) is 7.84. The molecular weight excluding hydrogens is 438 g/mol. The smallest absolute Gasteiger partial charge is 0.309 e. The number of ether oxygens (including phenoxy) is 3. The van der Waals surface area contributed by atoms with Gasteiger partial charge in [0, 0.05) is 30.5 Å². The molecule has 3 aromatic heterocycles. The van der Waals surface area contributed by atoms with Crippen LogP contribution in [0.25, 0.3) is 11.0 Å². The molecule has 0 atom stereocenters. The highest BCUT2D eigenvalue weighted by molar-refractivity contribution is 6.03. The van der Waals surface area contributed by atoms with Crippen LogP contribution in [0, 0.1) is 13.8 Å². The lowest BCUT2D eigenvalue weighted by atomic mass is 10.1. The number of aryl methyl sites for hydroxylation is 3. The van der Waals surface area contributed by atoms with Gasteiger partial charge in [-0.3, -0.25) is 9.48 Å². The first-order valence-electron chi connectivity index (χ1n) is 10.5. The van der Waals surface area contributed by atoms with Crippen molar-refractivity contribution in [2.45, 2.75) is 20.3 Å². The topological polar surface area (TPSA) is 118 Å². The van der Waals surface area contributed by atoms with Crippen molar-refractivity contribution >= 4 is 22.8 Å². The highest BCUT2D eigenvalue weighted by Crippen LogP contribution is 2.36. The lowest BCUT2D eigenvalue weighted by Gasteiger charge is -2.15. The van der Waals surface area contributed by atoms with Gasteiger partial charge in [0.1, 0.15) is 11.5 Å². The third-order valence-corrected chi connectivity index (χ3v) is 5.64. The molecule has 3 heterocycles. The van der Waals surface area contributed by atoms with Gasteiger partial charge in [-0.15, -0.1) is 0 Å². The Labute approximate surface area is 196 Å². The molecule has 4 rings (SSSR count). The molecule has 0 aliphatic rings. The zero-order valence-electron chi connectivity index (χ0n) is 20.0. The van der Waals surface area contributed by atoms with E-state index in [0.717, 1.165) is 27.2 Å². The third-order valence-electron chi connectivity index (χ3n) is 5.64. The first kappa shape index (κ1) is 23.1. The SMILES string of the molecule is COc1cc(OC)c(OC)cc1Cc1ccc(C(=O)N(N)c2cc(C)c3c(C)nn(C)c3n2)o1. The van der Waals surface area contributed by atoms with Gasteiger partial charge in [-0.25, -0.2) is 15.8 Å². The number of hydrazine groups is 1. The number of hydrogen-bond donors (Lipinski definition) is 1. The molecule has 0 spiro atoms. The molecule has 0 saturated heterocycles. The molecule has 0 bridgehead atoms. The third kappa shape index (κ3) is 4.03. The Kier molecular flexibility index (Phi) is 6.16. The lowest BCUT2D eigenvalue weighted by Crippen LogP contribution is -2.38. The summed E-state index contributed by atoms with van der Waals surface area (Å²) in [6.07, 6.45) is 0.374. The zero-order chi connectivity index (χ0) is 24.6. The minimum atomic E-state index is -0.518. The molecule has 4 aromatic rings. The summed E-state index contributed by atoms with van der Waals surface area (Å²) in [5.41, 5.74) is 3.25. The Hall–Kier alpha value is -4.05. The second-order valence-corrected chi connectivity index (χ2v) is 7.84. The van der Waals surface area contributed by atoms with Crippen molar-refractivity contribution in [3.63, 3.8) is 0 Å². The Morgan fingerprint density at radius 1 is 1.06 bits per heavy atom. The van der Waals surface area contributed by atoms with E-state index in [-0.39, 0.29) is 5.76 Å². The van der Waals surface area contributed by atoms with Gasteiger partial charge < -0.3 is 18.6 Å². The molecule has 0 radical (unpaired) electrons. The van der Waals surface area contributed by atoms with E-state index in [1.807, 2.05) is 19.9 Å². The molecule has 0 aliphatic heterocycles. The van der Waals surface area contributed by atoms with Crippen LogP contribution < -0.4 is 25.1 Å². The van der Waals surface area contributed by atoms with Crippen LogP contribution in [0.5, 0.6) is 17.2 Å². The molecule has 0 aliphatic carbocycles. The number of rotatable bonds is 7. The molecule has 34 heavy (non-hydrogen) atoms. The first-order chi connectivity index (χ1) is 16.3. The van der Waals surface area contributed by atoms with E-state index >= 15 is 0 Å². The van der Waals surface area contributed by atoms with E-state index < -0.39 is 5.91 Å². The molecule has 0 unspecified atom stereocenters. The van der Waals surface area contributed by atoms with E-state index in [2.05, 4.69) is 10.1 Å². The number of carbonyl (C=O) groups is 1. The van der Waals surface area contributed by atoms with Gasteiger partial charge in [-0.2, -0.15) is 5.10 Å². The van der Waals surface area contributed by atoms with E-state index in [4.69, 9.17) is 24.5 Å². The van der Waals surface area contributed by atoms with Crippen molar-refractivity contribution in [3.05, 3.63) is 58.7 Å². The normalized spacial score (nSPS) is 11.0. The van der Waals surface area contributed by atoms with Crippen molar-refractivity contribution in [3.8, 4) is 17.2 Å². The van der Waals surface area contributed by atoms with Gasteiger partial charge >= 0.3 is 5.91 Å². The van der Waals surface area contributed by atoms with E-state index in [0.29, 0.717) is 40.9 Å². The Bertz CT molecular complexity index is 1370. The van der Waals surface area contributed by atoms with Crippen LogP contribution in [0.15, 0.2) is 34.7 Å². The number of fused-ring (bicyclic) bond motifs is 1. The molecule has 178 valence electrons. The van der Waals surface area contributed by atoms with Gasteiger partial charge in [0.15, 0.2) is 28.7 Å². The quantitative estimate of drug-likeness (QED) is 0.251. The maximum atomic E-state index is 13.0. The highest BCUT2D eigenvalue weighted by atomic mass is 16.5. The largest absolute Gasteiger partial charge is 0.496 e. The van der Waals surface area contributed by atoms with Gasteiger partial charge in [-0.1, -0.05) is 0 Å². The van der Waals surface area contributed by atoms with E-state index in [1.165, 1.54) is 0 Å². The Balaban J connectivity index is 1.60. The number of methoxy groups -OCH3 is 3. The lowest BCUT2D eigenvalue weighted by molar-refractivity contribution is 0.0958. The van der Waals surface area contributed by atoms with Crippen LogP contribution in [-0.4, -0.2) is 42.0 Å². The molecular formula is C24H27N5O5. The van der Waals surface area contributed by atoms with Crippen molar-refractivity contribution in [2.75, 3.05) is 26.3 Å². The van der Waals surface area contributed by atoms with Crippen LogP contribution in [0.4, 0.5) is 5.82 Å². The molecule has 0 saturated carbocycles. The highest BCUT2D eigenvalue weighted by Gasteiger charge is 2.22. The summed E-state index contributed by atoms with van der Waals surface area (Å²) in [6.45, 7) is 3.85. The fraction of sp³-hybridized carbons (Fsp3) is 0.292. The molecule has 10 nitrogen and oxygen atoms in total. The Morgan fingerprint density at radius 2 is 1.74 bits per heavy atom. The first-order valence-corrected chi connectivity index (χ1v) is 10.5. The number of pyridine rings is 1. The summed E-state index contributed by atoms with van der Waals surface area (Å²) in [5.74, 6) is 8.32. The number of hydrogen-bond acceptors (Lipinski definition) is 8. The van der Waals surface area contributed by atoms with Crippen molar-refractivity contribution in [1.82, 2.24) is 14.8 Å². The summed E-state index contributed by atoms with van der Waals surface area (Å²) in [5, 5.41) is 6.32. The van der Waals surface area contributed by atoms with Gasteiger partial charge in [0.25, 0.3) is 0 Å². The predicted octanol–water partition coefficient (Wildman–Crippen LogP) is 3.32. The van der Waals surface area contributed by atoms with Crippen molar-refractivity contribution < 1.29 is 23.4 Å². The standard InChI is InChI=1S/C24H27N5O5/c1-13-9-21(26-23-22(13)14(2)27-28(23)3)29(25)24(30)17-8-7-16(34-17)10-15-11-19(32-5)20(33-6)12-18(15)31-4/h7-9,11-12H,10,25H2,1-6H3. The molecule has 1 amide bonds. The predicted molar refractivity (Wildman–Crippen MR) is 127 cm³/mol. The van der Waals surface area contributed by atoms with E-state index in [1.54, 1.807) is 57.3 Å². The number of benzene rings is 1. The average Bonchev–Trinajstić information content (AvgIpc) is 3.41. The van der Waals surface area contributed by atoms with Crippen molar-refractivity contribution in [1.29, 1.82) is 0 Å². The van der Waals surface area contributed by atoms with Crippen LogP contribution in [0.2, 0.25) is 0 Å². The summed E-state index contributed by atoms with van der Waals surface area (Å²) >= 11 is 0. The Morgan fingerprint density at radius 3 is 2.41 bits per heavy atom. The molecule has 2 N–H and O–H groups in total. The summed E-state index contributed by atoms with van der Waals surface area (Å²) in [4.78, 5) is 17.6. The zero-order valence-corrected chi connectivity index (χ0v) is 20.0. The number of anilines is 1. The monoisotopic (exact) mass is 465 g/mol. The van der Waals surface area contributed by atoms with E-state index in [9.17, 15) is 4.79 Å². The van der Waals surface area contributed by atoms with Crippen LogP contribution in [0.1, 0.15) is 33.1 Å². The molecule has 0 fully saturated rings. The number of nitrogens with two attached hydrogens (primary N) is 1. The van der Waals surface area contributed by atoms with Gasteiger partial charge in [0.2, 0.25) is 0 Å². The van der Waals surface area contributed by atoms with Crippen LogP contribution in [0.3, 0.4) is 0 Å². The fourth-order valence-corrected chi connectivity index (χ4v) is 3.99. The summed E-state index contributed by atoms with van der Waals surface area (Å²) < 4.78 is 23.7. The molecule has 10 heteroatoms. The summed E-state index contributed by atoms with van der Waals surface area (Å²) in [6, 6.07) is 8.63. The van der Waals surface area contributed by atoms with Gasteiger partial charge in [-0.05, 0) is 43.7 Å². The second kappa shape index (κ2) is 9.06. The van der Waals surface area contributed by atoms with Crippen molar-refractivity contribution in [2.24, 2.45) is 12.9 Å². The minimum absolute atomic E-state index is 0.0951. The number of aromatic nitrogens is 3. The fourth-order valence-electron chi connectivity index (χ4n) is 3.99. The summed E-state index contributed by atoms with van der Waals surface area (Å²) in [7, 11) is 6.50. The number of amides is 1. The van der Waals surface area contributed by atoms with Crippen LogP contribution in [-0.2, 0) is 13.5 Å². The minimum Gasteiger partial charge on any atom is -0.496 e. The van der Waals surface area contributed by atoms with Crippen LogP contribution >= 0.6 is 0 Å². The van der Waals surface area contributed by atoms with Gasteiger partial charge in [0.05, 0.1) is 27.0 Å². The number of carbonyl (C=O) groups excluding carboxylic acids is 1. The maximum absolute atomic E-state index is 13.0. The number of furan rings is 1. The maximum Gasteiger partial charge on any atom is 0.309 e.